The van der Waals surface area contributed by atoms with Gasteiger partial charge < -0.3 is 9.88 Å². The molecule has 8 nitrogen and oxygen atoms in total. The molecule has 31 heavy (non-hydrogen) atoms. The van der Waals surface area contributed by atoms with Crippen LogP contribution < -0.4 is 5.32 Å². The van der Waals surface area contributed by atoms with Crippen LogP contribution in [0.1, 0.15) is 43.1 Å². The third-order valence-electron chi connectivity index (χ3n) is 5.04. The Kier molecular flexibility index (Phi) is 6.74. The second kappa shape index (κ2) is 9.30. The van der Waals surface area contributed by atoms with Crippen LogP contribution in [0.25, 0.3) is 0 Å². The molecule has 1 N–H and O–H groups in total. The van der Waals surface area contributed by atoms with Crippen molar-refractivity contribution < 1.29 is 9.72 Å². The van der Waals surface area contributed by atoms with Crippen LogP contribution in [0, 0.1) is 10.1 Å². The molecule has 3 aromatic rings. The second-order valence-corrected chi connectivity index (χ2v) is 9.10. The van der Waals surface area contributed by atoms with Gasteiger partial charge in [0.1, 0.15) is 6.33 Å². The van der Waals surface area contributed by atoms with Gasteiger partial charge in [-0.05, 0) is 48.2 Å². The normalized spacial score (nSPS) is 12.4. The number of hydrogen-bond acceptors (Lipinski definition) is 6. The summed E-state index contributed by atoms with van der Waals surface area (Å²) in [5, 5.41) is 22.8. The molecule has 9 heteroatoms. The molecule has 3 rings (SSSR count). The van der Waals surface area contributed by atoms with Gasteiger partial charge >= 0.3 is 0 Å². The molecule has 1 heterocycles. The van der Waals surface area contributed by atoms with Crippen molar-refractivity contribution in [2.45, 2.75) is 48.7 Å². The molecule has 0 aliphatic carbocycles. The topological polar surface area (TPSA) is 103 Å². The maximum atomic E-state index is 12.8. The third kappa shape index (κ3) is 5.49. The van der Waals surface area contributed by atoms with E-state index in [1.807, 2.05) is 25.1 Å². The van der Waals surface area contributed by atoms with E-state index in [-0.39, 0.29) is 28.6 Å². The van der Waals surface area contributed by atoms with E-state index in [2.05, 4.69) is 41.5 Å². The fourth-order valence-electron chi connectivity index (χ4n) is 3.48. The minimum Gasteiger partial charge on any atom is -0.350 e. The summed E-state index contributed by atoms with van der Waals surface area (Å²) >= 11 is 1.13. The SMILES string of the molecule is CC(CC(C)(C)c1ccccc1)NC(=O)c1ccc(Sc2nncn2C)c([N+](=O)[O-])c1. The predicted octanol–water partition coefficient (Wildman–Crippen LogP) is 4.36. The van der Waals surface area contributed by atoms with Crippen LogP contribution in [0.15, 0.2) is 64.9 Å². The van der Waals surface area contributed by atoms with E-state index in [0.717, 1.165) is 18.2 Å². The number of nitro benzene ring substituents is 1. The van der Waals surface area contributed by atoms with Crippen molar-refractivity contribution in [1.82, 2.24) is 20.1 Å². The number of hydrogen-bond donors (Lipinski definition) is 1. The molecule has 0 saturated heterocycles. The molecule has 1 amide bonds. The summed E-state index contributed by atoms with van der Waals surface area (Å²) in [6, 6.07) is 14.5. The number of aromatic nitrogens is 3. The van der Waals surface area contributed by atoms with Crippen LogP contribution >= 0.6 is 11.8 Å². The number of benzene rings is 2. The van der Waals surface area contributed by atoms with Crippen molar-refractivity contribution in [1.29, 1.82) is 0 Å². The van der Waals surface area contributed by atoms with Crippen LogP contribution in [-0.2, 0) is 12.5 Å². The summed E-state index contributed by atoms with van der Waals surface area (Å²) in [6.07, 6.45) is 2.25. The number of amides is 1. The van der Waals surface area contributed by atoms with Crippen LogP contribution in [0.5, 0.6) is 0 Å². The molecule has 0 aliphatic heterocycles. The standard InChI is InChI=1S/C22H25N5O3S/c1-15(13-22(2,3)17-8-6-5-7-9-17)24-20(28)16-10-11-19(18(12-16)27(29)30)31-21-25-23-14-26(21)4/h5-12,14-15H,13H2,1-4H3,(H,24,28). The molecule has 0 bridgehead atoms. The fourth-order valence-corrected chi connectivity index (χ4v) is 4.33. The molecule has 0 fully saturated rings. The molecule has 162 valence electrons. The highest BCUT2D eigenvalue weighted by Gasteiger charge is 2.25. The number of carbonyl (C=O) groups excluding carboxylic acids is 1. The largest absolute Gasteiger partial charge is 0.350 e. The highest BCUT2D eigenvalue weighted by Crippen LogP contribution is 2.34. The highest BCUT2D eigenvalue weighted by atomic mass is 32.2. The molecule has 1 aromatic heterocycles. The van der Waals surface area contributed by atoms with E-state index in [9.17, 15) is 14.9 Å². The summed E-state index contributed by atoms with van der Waals surface area (Å²) < 4.78 is 1.67. The van der Waals surface area contributed by atoms with Gasteiger partial charge in [0.25, 0.3) is 11.6 Å². The highest BCUT2D eigenvalue weighted by molar-refractivity contribution is 7.99. The monoisotopic (exact) mass is 439 g/mol. The van der Waals surface area contributed by atoms with E-state index >= 15 is 0 Å². The van der Waals surface area contributed by atoms with Crippen molar-refractivity contribution >= 4 is 23.4 Å². The minimum absolute atomic E-state index is 0.116. The Bertz CT molecular complexity index is 1080. The molecular formula is C22H25N5O3S. The summed E-state index contributed by atoms with van der Waals surface area (Å²) in [4.78, 5) is 24.3. The first-order valence-electron chi connectivity index (χ1n) is 9.84. The van der Waals surface area contributed by atoms with Gasteiger partial charge in [0, 0.05) is 24.7 Å². The predicted molar refractivity (Wildman–Crippen MR) is 119 cm³/mol. The molecule has 0 spiro atoms. The Morgan fingerprint density at radius 1 is 1.26 bits per heavy atom. The van der Waals surface area contributed by atoms with Gasteiger partial charge in [-0.2, -0.15) is 0 Å². The van der Waals surface area contributed by atoms with Crippen LogP contribution in [0.2, 0.25) is 0 Å². The Morgan fingerprint density at radius 2 is 1.97 bits per heavy atom. The van der Waals surface area contributed by atoms with Crippen molar-refractivity contribution in [3.05, 3.63) is 76.1 Å². The quantitative estimate of drug-likeness (QED) is 0.413. The molecule has 1 atom stereocenters. The second-order valence-electron chi connectivity index (χ2n) is 8.09. The summed E-state index contributed by atoms with van der Waals surface area (Å²) in [5.41, 5.74) is 1.17. The van der Waals surface area contributed by atoms with Gasteiger partial charge in [0.2, 0.25) is 0 Å². The first-order chi connectivity index (χ1) is 14.7. The number of nitrogens with zero attached hydrogens (tertiary/aromatic N) is 4. The Labute approximate surface area is 185 Å². The van der Waals surface area contributed by atoms with Gasteiger partial charge in [0.05, 0.1) is 9.82 Å². The lowest BCUT2D eigenvalue weighted by molar-refractivity contribution is -0.387. The lowest BCUT2D eigenvalue weighted by Crippen LogP contribution is -2.37. The first-order valence-corrected chi connectivity index (χ1v) is 10.7. The summed E-state index contributed by atoms with van der Waals surface area (Å²) in [5.74, 6) is -0.338. The van der Waals surface area contributed by atoms with E-state index in [0.29, 0.717) is 10.1 Å². The van der Waals surface area contributed by atoms with Gasteiger partial charge in [-0.1, -0.05) is 44.2 Å². The van der Waals surface area contributed by atoms with Gasteiger partial charge in [-0.25, -0.2) is 0 Å². The van der Waals surface area contributed by atoms with E-state index in [1.54, 1.807) is 23.7 Å². The smallest absolute Gasteiger partial charge is 0.284 e. The van der Waals surface area contributed by atoms with Gasteiger partial charge in [-0.3, -0.25) is 14.9 Å². The lowest BCUT2D eigenvalue weighted by Gasteiger charge is -2.29. The van der Waals surface area contributed by atoms with Gasteiger partial charge in [0.15, 0.2) is 5.16 Å². The van der Waals surface area contributed by atoms with Crippen molar-refractivity contribution in [2.24, 2.45) is 7.05 Å². The number of rotatable bonds is 8. The van der Waals surface area contributed by atoms with Crippen molar-refractivity contribution in [3.63, 3.8) is 0 Å². The zero-order valence-corrected chi connectivity index (χ0v) is 18.7. The number of carbonyl (C=O) groups is 1. The third-order valence-corrected chi connectivity index (χ3v) is 6.16. The zero-order valence-electron chi connectivity index (χ0n) is 17.9. The van der Waals surface area contributed by atoms with E-state index in [4.69, 9.17) is 0 Å². The van der Waals surface area contributed by atoms with Crippen LogP contribution in [-0.4, -0.2) is 31.6 Å². The van der Waals surface area contributed by atoms with E-state index < -0.39 is 4.92 Å². The molecule has 2 aromatic carbocycles. The summed E-state index contributed by atoms with van der Waals surface area (Å²) in [7, 11) is 1.76. The van der Waals surface area contributed by atoms with Gasteiger partial charge in [-0.15, -0.1) is 10.2 Å². The maximum Gasteiger partial charge on any atom is 0.284 e. The molecule has 0 saturated carbocycles. The molecule has 1 unspecified atom stereocenters. The maximum absolute atomic E-state index is 12.8. The fraction of sp³-hybridized carbons (Fsp3) is 0.318. The minimum atomic E-state index is -0.489. The Hall–Kier alpha value is -3.20. The molecular weight excluding hydrogens is 414 g/mol. The van der Waals surface area contributed by atoms with Crippen molar-refractivity contribution in [2.75, 3.05) is 0 Å². The molecule has 0 radical (unpaired) electrons. The first kappa shape index (κ1) is 22.5. The van der Waals surface area contributed by atoms with Crippen molar-refractivity contribution in [3.8, 4) is 0 Å². The molecule has 0 aliphatic rings. The van der Waals surface area contributed by atoms with Crippen LogP contribution in [0.4, 0.5) is 5.69 Å². The Morgan fingerprint density at radius 3 is 2.58 bits per heavy atom. The number of nitro groups is 1. The average Bonchev–Trinajstić information content (AvgIpc) is 3.12. The zero-order chi connectivity index (χ0) is 22.6. The lowest BCUT2D eigenvalue weighted by atomic mass is 9.79. The summed E-state index contributed by atoms with van der Waals surface area (Å²) in [6.45, 7) is 6.21. The Balaban J connectivity index is 1.73. The van der Waals surface area contributed by atoms with Crippen LogP contribution in [0.3, 0.4) is 0 Å². The number of nitrogens with one attached hydrogen (secondary N) is 1. The number of aryl methyl sites for hydroxylation is 1. The van der Waals surface area contributed by atoms with E-state index in [1.165, 1.54) is 18.0 Å². The average molecular weight is 440 g/mol.